The summed E-state index contributed by atoms with van der Waals surface area (Å²) in [5.74, 6) is -1.17. The minimum atomic E-state index is -4.32. The van der Waals surface area contributed by atoms with Gasteiger partial charge in [-0.05, 0) is 31.1 Å². The molecule has 0 spiro atoms. The Balaban J connectivity index is 2.10. The number of alkyl halides is 3. The summed E-state index contributed by atoms with van der Waals surface area (Å²) in [5, 5.41) is 11.6. The molecule has 3 atom stereocenters. The first kappa shape index (κ1) is 14.3. The maximum absolute atomic E-state index is 12.7. The van der Waals surface area contributed by atoms with Crippen molar-refractivity contribution >= 4 is 5.97 Å². The Kier molecular flexibility index (Phi) is 3.87. The van der Waals surface area contributed by atoms with E-state index < -0.39 is 23.8 Å². The van der Waals surface area contributed by atoms with Gasteiger partial charge in [0.2, 0.25) is 0 Å². The van der Waals surface area contributed by atoms with Gasteiger partial charge in [-0.1, -0.05) is 6.08 Å². The highest BCUT2D eigenvalue weighted by atomic mass is 19.4. The topological polar surface area (TPSA) is 75.3 Å². The summed E-state index contributed by atoms with van der Waals surface area (Å²) < 4.78 is 38.1. The number of aliphatic carboxylic acids is 1. The first-order valence-corrected chi connectivity index (χ1v) is 6.28. The van der Waals surface area contributed by atoms with Crippen molar-refractivity contribution in [2.24, 2.45) is 17.6 Å². The largest absolute Gasteiger partial charge is 0.480 e. The van der Waals surface area contributed by atoms with Gasteiger partial charge in [0, 0.05) is 18.2 Å². The minimum Gasteiger partial charge on any atom is -0.480 e. The van der Waals surface area contributed by atoms with E-state index in [1.54, 1.807) is 0 Å². The van der Waals surface area contributed by atoms with Crippen LogP contribution in [0.25, 0.3) is 0 Å². The molecule has 3 unspecified atom stereocenters. The summed E-state index contributed by atoms with van der Waals surface area (Å²) in [4.78, 5) is 10.7. The lowest BCUT2D eigenvalue weighted by Gasteiger charge is -2.33. The van der Waals surface area contributed by atoms with E-state index in [0.29, 0.717) is 0 Å². The molecule has 1 aliphatic heterocycles. The molecular weight excluding hydrogens is 261 g/mol. The van der Waals surface area contributed by atoms with Gasteiger partial charge < -0.3 is 16.2 Å². The van der Waals surface area contributed by atoms with Crippen LogP contribution in [0.5, 0.6) is 0 Å². The predicted octanol–water partition coefficient (Wildman–Crippen LogP) is 1.28. The van der Waals surface area contributed by atoms with Crippen LogP contribution >= 0.6 is 0 Å². The highest BCUT2D eigenvalue weighted by Gasteiger charge is 2.43. The Morgan fingerprint density at radius 1 is 1.53 bits per heavy atom. The van der Waals surface area contributed by atoms with Gasteiger partial charge in [-0.25, -0.2) is 0 Å². The molecule has 1 saturated carbocycles. The van der Waals surface area contributed by atoms with E-state index in [1.807, 2.05) is 0 Å². The molecule has 4 nitrogen and oxygen atoms in total. The Bertz CT molecular complexity index is 391. The van der Waals surface area contributed by atoms with Crippen molar-refractivity contribution < 1.29 is 23.1 Å². The summed E-state index contributed by atoms with van der Waals surface area (Å²) in [5.41, 5.74) is 4.90. The zero-order valence-corrected chi connectivity index (χ0v) is 10.3. The number of nitrogens with two attached hydrogens (primary N) is 1. The van der Waals surface area contributed by atoms with Crippen molar-refractivity contribution in [2.45, 2.75) is 37.5 Å². The average Bonchev–Trinajstić information content (AvgIpc) is 3.11. The molecule has 4 N–H and O–H groups in total. The number of nitrogens with one attached hydrogen (secondary N) is 1. The third-order valence-electron chi connectivity index (χ3n) is 3.77. The molecule has 7 heteroatoms. The van der Waals surface area contributed by atoms with Crippen LogP contribution in [0.3, 0.4) is 0 Å². The predicted molar refractivity (Wildman–Crippen MR) is 62.4 cm³/mol. The second kappa shape index (κ2) is 5.13. The van der Waals surface area contributed by atoms with Gasteiger partial charge in [0.15, 0.2) is 0 Å². The van der Waals surface area contributed by atoms with E-state index in [1.165, 1.54) is 6.08 Å². The van der Waals surface area contributed by atoms with Gasteiger partial charge in [0.1, 0.15) is 6.04 Å². The van der Waals surface area contributed by atoms with Gasteiger partial charge in [-0.15, -0.1) is 0 Å². The van der Waals surface area contributed by atoms with Gasteiger partial charge in [0.05, 0.1) is 0 Å². The SMILES string of the molecule is NC(CC1NCC(C(F)(F)F)=CC1C1CC1)C(=O)O. The zero-order valence-electron chi connectivity index (χ0n) is 10.3. The number of rotatable bonds is 4. The Labute approximate surface area is 108 Å². The lowest BCUT2D eigenvalue weighted by molar-refractivity contribution is -0.139. The third kappa shape index (κ3) is 3.48. The van der Waals surface area contributed by atoms with Gasteiger partial charge in [-0.3, -0.25) is 4.79 Å². The second-order valence-corrected chi connectivity index (χ2v) is 5.27. The highest BCUT2D eigenvalue weighted by molar-refractivity contribution is 5.73. The number of halogens is 3. The molecule has 0 aromatic rings. The number of carboxylic acid groups (broad SMARTS) is 1. The molecule has 0 aromatic carbocycles. The highest BCUT2D eigenvalue weighted by Crippen LogP contribution is 2.43. The summed E-state index contributed by atoms with van der Waals surface area (Å²) in [6, 6.07) is -1.33. The molecule has 1 heterocycles. The Morgan fingerprint density at radius 2 is 2.16 bits per heavy atom. The maximum Gasteiger partial charge on any atom is 0.413 e. The van der Waals surface area contributed by atoms with E-state index in [9.17, 15) is 18.0 Å². The molecule has 2 aliphatic rings. The number of carboxylic acids is 1. The first-order valence-electron chi connectivity index (χ1n) is 6.28. The van der Waals surface area contributed by atoms with E-state index in [2.05, 4.69) is 5.32 Å². The molecule has 1 aliphatic carbocycles. The van der Waals surface area contributed by atoms with Gasteiger partial charge >= 0.3 is 12.1 Å². The van der Waals surface area contributed by atoms with Crippen LogP contribution in [-0.2, 0) is 4.79 Å². The quantitative estimate of drug-likeness (QED) is 0.677. The molecule has 2 rings (SSSR count). The van der Waals surface area contributed by atoms with Crippen molar-refractivity contribution in [3.63, 3.8) is 0 Å². The molecule has 108 valence electrons. The van der Waals surface area contributed by atoms with Crippen LogP contribution in [0.2, 0.25) is 0 Å². The van der Waals surface area contributed by atoms with E-state index in [4.69, 9.17) is 10.8 Å². The standard InChI is InChI=1S/C12H17F3N2O2/c13-12(14,15)7-3-8(6-1-2-6)10(17-5-7)4-9(16)11(18)19/h3,6,8-10,17H,1-2,4-5,16H2,(H,18,19). The smallest absolute Gasteiger partial charge is 0.413 e. The number of carbonyl (C=O) groups is 1. The second-order valence-electron chi connectivity index (χ2n) is 5.27. The average molecular weight is 278 g/mol. The monoisotopic (exact) mass is 278 g/mol. The van der Waals surface area contributed by atoms with Crippen molar-refractivity contribution in [3.8, 4) is 0 Å². The lowest BCUT2D eigenvalue weighted by atomic mass is 9.85. The molecule has 1 fully saturated rings. The zero-order chi connectivity index (χ0) is 14.2. The number of hydrogen-bond donors (Lipinski definition) is 3. The van der Waals surface area contributed by atoms with Crippen LogP contribution in [0.15, 0.2) is 11.6 Å². The van der Waals surface area contributed by atoms with Crippen molar-refractivity contribution in [3.05, 3.63) is 11.6 Å². The van der Waals surface area contributed by atoms with Crippen LogP contribution in [-0.4, -0.2) is 35.9 Å². The number of hydrogen-bond acceptors (Lipinski definition) is 3. The first-order chi connectivity index (χ1) is 8.79. The molecule has 0 aromatic heterocycles. The van der Waals surface area contributed by atoms with Crippen LogP contribution in [0.1, 0.15) is 19.3 Å². The molecule has 0 bridgehead atoms. The fourth-order valence-corrected chi connectivity index (χ4v) is 2.54. The van der Waals surface area contributed by atoms with Crippen molar-refractivity contribution in [2.75, 3.05) is 6.54 Å². The molecule has 0 amide bonds. The summed E-state index contributed by atoms with van der Waals surface area (Å²) in [7, 11) is 0. The van der Waals surface area contributed by atoms with E-state index >= 15 is 0 Å². The van der Waals surface area contributed by atoms with Crippen molar-refractivity contribution in [1.29, 1.82) is 0 Å². The third-order valence-corrected chi connectivity index (χ3v) is 3.77. The lowest BCUT2D eigenvalue weighted by Crippen LogP contribution is -2.48. The molecule has 19 heavy (non-hydrogen) atoms. The van der Waals surface area contributed by atoms with E-state index in [0.717, 1.165) is 12.8 Å². The molecular formula is C12H17F3N2O2. The van der Waals surface area contributed by atoms with Gasteiger partial charge in [0.25, 0.3) is 0 Å². The summed E-state index contributed by atoms with van der Waals surface area (Å²) in [6.07, 6.45) is -1.11. The fraction of sp³-hybridized carbons (Fsp3) is 0.750. The molecule has 0 saturated heterocycles. The maximum atomic E-state index is 12.7. The minimum absolute atomic E-state index is 0.151. The Morgan fingerprint density at radius 3 is 2.63 bits per heavy atom. The summed E-state index contributed by atoms with van der Waals surface area (Å²) in [6.45, 7) is -0.274. The van der Waals surface area contributed by atoms with Crippen LogP contribution < -0.4 is 11.1 Å². The normalized spacial score (nSPS) is 29.8. The van der Waals surface area contributed by atoms with Gasteiger partial charge in [-0.2, -0.15) is 13.2 Å². The van der Waals surface area contributed by atoms with Crippen LogP contribution in [0, 0.1) is 11.8 Å². The van der Waals surface area contributed by atoms with Crippen LogP contribution in [0.4, 0.5) is 13.2 Å². The van der Waals surface area contributed by atoms with Crippen molar-refractivity contribution in [1.82, 2.24) is 5.32 Å². The molecule has 0 radical (unpaired) electrons. The Hall–Kier alpha value is -1.08. The summed E-state index contributed by atoms with van der Waals surface area (Å²) >= 11 is 0. The van der Waals surface area contributed by atoms with E-state index in [-0.39, 0.29) is 30.8 Å². The fourth-order valence-electron chi connectivity index (χ4n) is 2.54.